The monoisotopic (exact) mass is 404 g/mol. The van der Waals surface area contributed by atoms with E-state index in [2.05, 4.69) is 28.4 Å². The summed E-state index contributed by atoms with van der Waals surface area (Å²) in [7, 11) is 0. The van der Waals surface area contributed by atoms with Crippen LogP contribution in [0.3, 0.4) is 0 Å². The number of nitrogens with one attached hydrogen (secondary N) is 1. The van der Waals surface area contributed by atoms with E-state index in [1.165, 1.54) is 6.42 Å². The van der Waals surface area contributed by atoms with E-state index >= 15 is 0 Å². The molecule has 1 heterocycles. The van der Waals surface area contributed by atoms with Crippen molar-refractivity contribution in [1.29, 1.82) is 0 Å². The lowest BCUT2D eigenvalue weighted by Gasteiger charge is -2.20. The third kappa shape index (κ3) is 4.37. The molecular formula is C24H28N4O2. The molecular weight excluding hydrogens is 376 g/mol. The molecule has 0 bridgehead atoms. The van der Waals surface area contributed by atoms with Crippen molar-refractivity contribution >= 4 is 11.6 Å². The lowest BCUT2D eigenvalue weighted by atomic mass is 9.88. The van der Waals surface area contributed by atoms with Crippen molar-refractivity contribution < 1.29 is 9.53 Å². The molecule has 6 nitrogen and oxygen atoms in total. The van der Waals surface area contributed by atoms with Gasteiger partial charge in [0.25, 0.3) is 0 Å². The summed E-state index contributed by atoms with van der Waals surface area (Å²) in [5.74, 6) is 0.994. The number of ether oxygens (including phenoxy) is 1. The number of benzene rings is 2. The van der Waals surface area contributed by atoms with E-state index in [-0.39, 0.29) is 11.8 Å². The summed E-state index contributed by atoms with van der Waals surface area (Å²) in [6.07, 6.45) is 5.51. The van der Waals surface area contributed by atoms with Crippen LogP contribution in [0.1, 0.15) is 44.6 Å². The molecule has 1 aliphatic rings. The van der Waals surface area contributed by atoms with E-state index in [1.807, 2.05) is 49.4 Å². The Balaban J connectivity index is 1.59. The fraction of sp³-hybridized carbons (Fsp3) is 0.375. The van der Waals surface area contributed by atoms with Gasteiger partial charge >= 0.3 is 6.01 Å². The molecule has 0 radical (unpaired) electrons. The highest BCUT2D eigenvalue weighted by atomic mass is 16.5. The van der Waals surface area contributed by atoms with Gasteiger partial charge in [0.1, 0.15) is 0 Å². The van der Waals surface area contributed by atoms with Gasteiger partial charge in [0, 0.05) is 17.2 Å². The van der Waals surface area contributed by atoms with Crippen molar-refractivity contribution in [1.82, 2.24) is 14.8 Å². The van der Waals surface area contributed by atoms with Gasteiger partial charge in [-0.3, -0.25) is 4.79 Å². The molecule has 6 heteroatoms. The molecule has 0 unspecified atom stereocenters. The van der Waals surface area contributed by atoms with Gasteiger partial charge < -0.3 is 10.1 Å². The third-order valence-corrected chi connectivity index (χ3v) is 5.60. The van der Waals surface area contributed by atoms with Crippen molar-refractivity contribution in [3.05, 3.63) is 54.1 Å². The molecule has 156 valence electrons. The SMILES string of the molecule is CCOc1nc(-c2ccccc2C)n(-c2ccc(NC(=O)C3CCCCC3)cc2)n1. The molecule has 0 aliphatic heterocycles. The van der Waals surface area contributed by atoms with Crippen LogP contribution in [0.15, 0.2) is 48.5 Å². The van der Waals surface area contributed by atoms with Crippen LogP contribution in [-0.4, -0.2) is 27.3 Å². The van der Waals surface area contributed by atoms with Gasteiger partial charge in [0.2, 0.25) is 5.91 Å². The number of nitrogens with zero attached hydrogens (tertiary/aromatic N) is 3. The number of carbonyl (C=O) groups is 1. The van der Waals surface area contributed by atoms with Crippen molar-refractivity contribution in [2.75, 3.05) is 11.9 Å². The van der Waals surface area contributed by atoms with Gasteiger partial charge in [-0.05, 0) is 56.5 Å². The Morgan fingerprint density at radius 2 is 1.83 bits per heavy atom. The summed E-state index contributed by atoms with van der Waals surface area (Å²) in [5.41, 5.74) is 3.79. The summed E-state index contributed by atoms with van der Waals surface area (Å²) in [6.45, 7) is 4.47. The number of hydrogen-bond donors (Lipinski definition) is 1. The zero-order valence-electron chi connectivity index (χ0n) is 17.6. The maximum absolute atomic E-state index is 12.5. The molecule has 1 aliphatic carbocycles. The molecule has 30 heavy (non-hydrogen) atoms. The number of anilines is 1. The highest BCUT2D eigenvalue weighted by Gasteiger charge is 2.21. The van der Waals surface area contributed by atoms with E-state index < -0.39 is 0 Å². The molecule has 1 amide bonds. The summed E-state index contributed by atoms with van der Waals surface area (Å²) in [6, 6.07) is 16.2. The Morgan fingerprint density at radius 3 is 2.53 bits per heavy atom. The minimum atomic E-state index is 0.127. The molecule has 0 spiro atoms. The number of carbonyl (C=O) groups excluding carboxylic acids is 1. The second kappa shape index (κ2) is 9.11. The standard InChI is InChI=1S/C24H28N4O2/c1-3-30-24-26-22(21-12-8-7-9-17(21)2)28(27-24)20-15-13-19(14-16-20)25-23(29)18-10-5-4-6-11-18/h7-9,12-16,18H,3-6,10-11H2,1-2H3,(H,25,29). The summed E-state index contributed by atoms with van der Waals surface area (Å²) in [4.78, 5) is 17.1. The normalized spacial score (nSPS) is 14.5. The lowest BCUT2D eigenvalue weighted by Crippen LogP contribution is -2.24. The van der Waals surface area contributed by atoms with Crippen molar-refractivity contribution in [2.45, 2.75) is 46.0 Å². The smallest absolute Gasteiger partial charge is 0.336 e. The Kier molecular flexibility index (Phi) is 6.12. The molecule has 0 atom stereocenters. The van der Waals surface area contributed by atoms with Crippen molar-refractivity contribution in [3.63, 3.8) is 0 Å². The minimum Gasteiger partial charge on any atom is -0.463 e. The fourth-order valence-corrected chi connectivity index (χ4v) is 3.96. The van der Waals surface area contributed by atoms with Gasteiger partial charge in [0.15, 0.2) is 5.82 Å². The first-order valence-corrected chi connectivity index (χ1v) is 10.7. The highest BCUT2D eigenvalue weighted by Crippen LogP contribution is 2.28. The van der Waals surface area contributed by atoms with E-state index in [4.69, 9.17) is 4.74 Å². The second-order valence-electron chi connectivity index (χ2n) is 7.75. The summed E-state index contributed by atoms with van der Waals surface area (Å²) in [5, 5.41) is 7.61. The van der Waals surface area contributed by atoms with E-state index in [1.54, 1.807) is 4.68 Å². The number of aromatic nitrogens is 3. The predicted octanol–water partition coefficient (Wildman–Crippen LogP) is 5.16. The summed E-state index contributed by atoms with van der Waals surface area (Å²) < 4.78 is 7.35. The maximum atomic E-state index is 12.5. The molecule has 1 fully saturated rings. The van der Waals surface area contributed by atoms with Gasteiger partial charge in [0.05, 0.1) is 12.3 Å². The predicted molar refractivity (Wildman–Crippen MR) is 118 cm³/mol. The second-order valence-corrected chi connectivity index (χ2v) is 7.75. The van der Waals surface area contributed by atoms with Crippen LogP contribution in [0, 0.1) is 12.8 Å². The average molecular weight is 405 g/mol. The van der Waals surface area contributed by atoms with Gasteiger partial charge in [-0.15, -0.1) is 5.10 Å². The Labute approximate surface area is 177 Å². The molecule has 2 aromatic carbocycles. The van der Waals surface area contributed by atoms with Crippen molar-refractivity contribution in [2.24, 2.45) is 5.92 Å². The van der Waals surface area contributed by atoms with Crippen LogP contribution in [-0.2, 0) is 4.79 Å². The number of hydrogen-bond acceptors (Lipinski definition) is 4. The molecule has 3 aromatic rings. The third-order valence-electron chi connectivity index (χ3n) is 5.60. The number of amides is 1. The van der Waals surface area contributed by atoms with Crippen LogP contribution < -0.4 is 10.1 Å². The first-order chi connectivity index (χ1) is 14.7. The topological polar surface area (TPSA) is 69.0 Å². The lowest BCUT2D eigenvalue weighted by molar-refractivity contribution is -0.120. The quantitative estimate of drug-likeness (QED) is 0.616. The molecule has 4 rings (SSSR count). The van der Waals surface area contributed by atoms with Crippen LogP contribution in [0.25, 0.3) is 17.1 Å². The average Bonchev–Trinajstić information content (AvgIpc) is 3.19. The molecule has 0 saturated heterocycles. The number of aryl methyl sites for hydroxylation is 1. The molecule has 1 aromatic heterocycles. The van der Waals surface area contributed by atoms with Crippen molar-refractivity contribution in [3.8, 4) is 23.1 Å². The molecule has 1 N–H and O–H groups in total. The highest BCUT2D eigenvalue weighted by molar-refractivity contribution is 5.92. The maximum Gasteiger partial charge on any atom is 0.336 e. The largest absolute Gasteiger partial charge is 0.463 e. The van der Waals surface area contributed by atoms with Crippen LogP contribution in [0.2, 0.25) is 0 Å². The van der Waals surface area contributed by atoms with Gasteiger partial charge in [-0.25, -0.2) is 4.68 Å². The zero-order chi connectivity index (χ0) is 20.9. The Morgan fingerprint density at radius 1 is 1.10 bits per heavy atom. The number of rotatable bonds is 6. The minimum absolute atomic E-state index is 0.127. The van der Waals surface area contributed by atoms with E-state index in [9.17, 15) is 4.79 Å². The Hall–Kier alpha value is -3.15. The van der Waals surface area contributed by atoms with Gasteiger partial charge in [-0.2, -0.15) is 4.98 Å². The van der Waals surface area contributed by atoms with E-state index in [0.29, 0.717) is 12.6 Å². The van der Waals surface area contributed by atoms with Crippen LogP contribution in [0.4, 0.5) is 5.69 Å². The van der Waals surface area contributed by atoms with Crippen LogP contribution in [0.5, 0.6) is 6.01 Å². The van der Waals surface area contributed by atoms with E-state index in [0.717, 1.165) is 54.0 Å². The van der Waals surface area contributed by atoms with Gasteiger partial charge in [-0.1, -0.05) is 43.5 Å². The summed E-state index contributed by atoms with van der Waals surface area (Å²) >= 11 is 0. The zero-order valence-corrected chi connectivity index (χ0v) is 17.6. The van der Waals surface area contributed by atoms with Crippen LogP contribution >= 0.6 is 0 Å². The molecule has 1 saturated carbocycles. The first kappa shape index (κ1) is 20.1. The fourth-order valence-electron chi connectivity index (χ4n) is 3.96. The first-order valence-electron chi connectivity index (χ1n) is 10.7. The Bertz CT molecular complexity index is 1000.